The number of imidazole rings is 1. The number of fused-ring (bicyclic) bond motifs is 1. The molecule has 4 rings (SSSR count). The van der Waals surface area contributed by atoms with Crippen molar-refractivity contribution in [3.8, 4) is 17.9 Å². The van der Waals surface area contributed by atoms with E-state index in [4.69, 9.17) is 5.73 Å². The van der Waals surface area contributed by atoms with Gasteiger partial charge in [-0.05, 0) is 37.5 Å². The molecule has 1 aliphatic rings. The van der Waals surface area contributed by atoms with Crippen LogP contribution < -0.4 is 27.1 Å². The molecule has 12 heteroatoms. The SMILES string of the molecule is CC#CCn1c(N2CCCC(N)C2)nc2c(=O)n(CC(=O)NC)n(Cc3ccc(Br)cc3C#N)c(=O)c21. The van der Waals surface area contributed by atoms with E-state index in [0.29, 0.717) is 34.6 Å². The number of amides is 1. The molecule has 1 fully saturated rings. The van der Waals surface area contributed by atoms with Crippen LogP contribution in [-0.2, 0) is 24.4 Å². The zero-order chi connectivity index (χ0) is 26.7. The van der Waals surface area contributed by atoms with E-state index in [0.717, 1.165) is 17.5 Å². The minimum Gasteiger partial charge on any atom is -0.358 e. The van der Waals surface area contributed by atoms with Crippen LogP contribution in [0, 0.1) is 23.2 Å². The Balaban J connectivity index is 2.01. The molecule has 0 saturated carbocycles. The summed E-state index contributed by atoms with van der Waals surface area (Å²) >= 11 is 3.35. The Kier molecular flexibility index (Phi) is 7.81. The fourth-order valence-electron chi connectivity index (χ4n) is 4.49. The average Bonchev–Trinajstić information content (AvgIpc) is 3.28. The summed E-state index contributed by atoms with van der Waals surface area (Å²) in [6.45, 7) is 2.59. The van der Waals surface area contributed by atoms with Gasteiger partial charge in [-0.1, -0.05) is 27.9 Å². The Bertz CT molecular complexity index is 1580. The average molecular weight is 567 g/mol. The number of aromatic nitrogens is 4. The van der Waals surface area contributed by atoms with E-state index in [1.807, 2.05) is 4.90 Å². The predicted octanol–water partition coefficient (Wildman–Crippen LogP) is 0.739. The molecule has 2 aromatic heterocycles. The van der Waals surface area contributed by atoms with Crippen LogP contribution in [0.5, 0.6) is 0 Å². The molecular formula is C25H27BrN8O3. The van der Waals surface area contributed by atoms with Gasteiger partial charge in [0.05, 0.1) is 24.7 Å². The van der Waals surface area contributed by atoms with Crippen molar-refractivity contribution in [2.45, 2.75) is 45.4 Å². The summed E-state index contributed by atoms with van der Waals surface area (Å²) in [5.41, 5.74) is 6.04. The summed E-state index contributed by atoms with van der Waals surface area (Å²) in [6, 6.07) is 7.16. The number of hydrogen-bond donors (Lipinski definition) is 2. The van der Waals surface area contributed by atoms with Gasteiger partial charge in [0.1, 0.15) is 12.1 Å². The Hall–Kier alpha value is -3.87. The van der Waals surface area contributed by atoms with E-state index in [-0.39, 0.29) is 36.7 Å². The molecule has 11 nitrogen and oxygen atoms in total. The summed E-state index contributed by atoms with van der Waals surface area (Å²) in [4.78, 5) is 46.7. The van der Waals surface area contributed by atoms with Gasteiger partial charge >= 0.3 is 0 Å². The van der Waals surface area contributed by atoms with Crippen LogP contribution in [0.4, 0.5) is 5.95 Å². The van der Waals surface area contributed by atoms with Crippen LogP contribution in [0.3, 0.4) is 0 Å². The van der Waals surface area contributed by atoms with Crippen LogP contribution in [0.2, 0.25) is 0 Å². The second kappa shape index (κ2) is 11.0. The number of nitrogens with two attached hydrogens (primary N) is 1. The second-order valence-electron chi connectivity index (χ2n) is 8.78. The van der Waals surface area contributed by atoms with Gasteiger partial charge in [-0.25, -0.2) is 14.3 Å². The molecule has 37 heavy (non-hydrogen) atoms. The molecule has 192 valence electrons. The zero-order valence-electron chi connectivity index (χ0n) is 20.6. The first-order chi connectivity index (χ1) is 17.8. The molecule has 0 radical (unpaired) electrons. The number of halogens is 1. The zero-order valence-corrected chi connectivity index (χ0v) is 22.2. The molecule has 1 aromatic carbocycles. The molecule has 0 aliphatic carbocycles. The standard InChI is InChI=1S/C25H27BrN8O3/c1-3-4-10-32-22-21(30-25(32)31-9-5-6-19(28)14-31)23(36)34(15-20(35)29-2)33(24(22)37)13-16-7-8-18(26)11-17(16)12-27/h7-8,11,19H,5-6,9-10,13-15,28H2,1-2H3,(H,29,35). The van der Waals surface area contributed by atoms with Gasteiger partial charge in [0.15, 0.2) is 5.52 Å². The summed E-state index contributed by atoms with van der Waals surface area (Å²) in [5.74, 6) is 5.81. The molecule has 1 saturated heterocycles. The maximum Gasteiger partial charge on any atom is 0.294 e. The van der Waals surface area contributed by atoms with Gasteiger partial charge in [-0.15, -0.1) is 5.92 Å². The molecule has 3 N–H and O–H groups in total. The molecule has 1 atom stereocenters. The van der Waals surface area contributed by atoms with Crippen molar-refractivity contribution in [2.24, 2.45) is 5.73 Å². The van der Waals surface area contributed by atoms with E-state index < -0.39 is 17.0 Å². The lowest BCUT2D eigenvalue weighted by molar-refractivity contribution is -0.121. The number of nitriles is 1. The summed E-state index contributed by atoms with van der Waals surface area (Å²) in [5, 5.41) is 12.1. The van der Waals surface area contributed by atoms with Crippen molar-refractivity contribution in [3.63, 3.8) is 0 Å². The molecule has 0 bridgehead atoms. The van der Waals surface area contributed by atoms with E-state index in [9.17, 15) is 19.6 Å². The Morgan fingerprint density at radius 3 is 2.76 bits per heavy atom. The summed E-state index contributed by atoms with van der Waals surface area (Å²) in [7, 11) is 1.45. The largest absolute Gasteiger partial charge is 0.358 e. The summed E-state index contributed by atoms with van der Waals surface area (Å²) in [6.07, 6.45) is 1.74. The first kappa shape index (κ1) is 26.2. The predicted molar refractivity (Wildman–Crippen MR) is 143 cm³/mol. The molecule has 1 amide bonds. The lowest BCUT2D eigenvalue weighted by atomic mass is 10.1. The third-order valence-corrected chi connectivity index (χ3v) is 6.85. The first-order valence-electron chi connectivity index (χ1n) is 11.8. The maximum absolute atomic E-state index is 14.0. The Morgan fingerprint density at radius 2 is 2.08 bits per heavy atom. The van der Waals surface area contributed by atoms with Crippen molar-refractivity contribution in [1.82, 2.24) is 24.2 Å². The van der Waals surface area contributed by atoms with Gasteiger partial charge in [-0.2, -0.15) is 5.26 Å². The Morgan fingerprint density at radius 1 is 1.30 bits per heavy atom. The molecule has 3 heterocycles. The van der Waals surface area contributed by atoms with Crippen LogP contribution in [0.1, 0.15) is 30.9 Å². The number of benzene rings is 1. The number of likely N-dealkylation sites (N-methyl/N-ethyl adjacent to an activating group) is 1. The maximum atomic E-state index is 14.0. The van der Waals surface area contributed by atoms with E-state index in [2.05, 4.69) is 44.1 Å². The number of rotatable bonds is 6. The van der Waals surface area contributed by atoms with Gasteiger partial charge in [0.2, 0.25) is 11.9 Å². The number of anilines is 1. The van der Waals surface area contributed by atoms with Gasteiger partial charge in [-0.3, -0.25) is 19.0 Å². The third kappa shape index (κ3) is 5.17. The minimum absolute atomic E-state index is 0.0338. The van der Waals surface area contributed by atoms with Gasteiger partial charge in [0.25, 0.3) is 11.1 Å². The second-order valence-corrected chi connectivity index (χ2v) is 9.70. The fraction of sp³-hybridized carbons (Fsp3) is 0.400. The van der Waals surface area contributed by atoms with Gasteiger partial charge in [0, 0.05) is 30.7 Å². The third-order valence-electron chi connectivity index (χ3n) is 6.35. The Labute approximate surface area is 221 Å². The van der Waals surface area contributed by atoms with Crippen LogP contribution in [0.25, 0.3) is 11.0 Å². The highest BCUT2D eigenvalue weighted by molar-refractivity contribution is 9.10. The molecular weight excluding hydrogens is 540 g/mol. The van der Waals surface area contributed by atoms with E-state index >= 15 is 0 Å². The minimum atomic E-state index is -0.584. The normalized spacial score (nSPS) is 15.2. The van der Waals surface area contributed by atoms with Crippen LogP contribution in [-0.4, -0.2) is 51.0 Å². The van der Waals surface area contributed by atoms with Crippen molar-refractivity contribution in [2.75, 3.05) is 25.0 Å². The number of nitrogens with zero attached hydrogens (tertiary/aromatic N) is 6. The fourth-order valence-corrected chi connectivity index (χ4v) is 4.85. The lowest BCUT2D eigenvalue weighted by Crippen LogP contribution is -2.44. The highest BCUT2D eigenvalue weighted by atomic mass is 79.9. The highest BCUT2D eigenvalue weighted by Gasteiger charge is 2.27. The molecule has 0 spiro atoms. The number of piperidine rings is 1. The molecule has 3 aromatic rings. The van der Waals surface area contributed by atoms with Crippen molar-refractivity contribution in [3.05, 3.63) is 54.5 Å². The first-order valence-corrected chi connectivity index (χ1v) is 12.6. The van der Waals surface area contributed by atoms with Gasteiger partial charge < -0.3 is 16.0 Å². The number of hydrogen-bond acceptors (Lipinski definition) is 7. The highest BCUT2D eigenvalue weighted by Crippen LogP contribution is 2.23. The topological polar surface area (TPSA) is 144 Å². The van der Waals surface area contributed by atoms with Crippen molar-refractivity contribution in [1.29, 1.82) is 5.26 Å². The smallest absolute Gasteiger partial charge is 0.294 e. The summed E-state index contributed by atoms with van der Waals surface area (Å²) < 4.78 is 4.65. The van der Waals surface area contributed by atoms with Crippen molar-refractivity contribution < 1.29 is 4.79 Å². The lowest BCUT2D eigenvalue weighted by Gasteiger charge is -2.31. The van der Waals surface area contributed by atoms with Crippen LogP contribution in [0.15, 0.2) is 32.3 Å². The molecule has 1 aliphatic heterocycles. The van der Waals surface area contributed by atoms with Crippen molar-refractivity contribution >= 4 is 38.8 Å². The number of carbonyl (C=O) groups excluding carboxylic acids is 1. The van der Waals surface area contributed by atoms with Crippen LogP contribution >= 0.6 is 15.9 Å². The molecule has 1 unspecified atom stereocenters. The number of nitrogens with one attached hydrogen (secondary N) is 1. The van der Waals surface area contributed by atoms with E-state index in [1.165, 1.54) is 11.7 Å². The monoisotopic (exact) mass is 566 g/mol. The number of carbonyl (C=O) groups is 1. The quantitative estimate of drug-likeness (QED) is 0.418. The van der Waals surface area contributed by atoms with E-state index in [1.54, 1.807) is 29.7 Å².